The Morgan fingerprint density at radius 3 is 2.57 bits per heavy atom. The normalized spacial score (nSPS) is 24.4. The first kappa shape index (κ1) is 14.5. The van der Waals surface area contributed by atoms with E-state index in [1.807, 2.05) is 0 Å². The quantitative estimate of drug-likeness (QED) is 0.798. The number of halogens is 1. The standard InChI is InChI=1S/C17H20BrN3/c1-4-16-15(10-13-5-7-14(18)8-6-13)17-19-11(2)9-12(3)21(17)20-16/h5-9,15,17H,4,10H2,1-3H3. The van der Waals surface area contributed by atoms with E-state index < -0.39 is 0 Å². The summed E-state index contributed by atoms with van der Waals surface area (Å²) in [6.07, 6.45) is 4.21. The molecule has 1 aromatic carbocycles. The Hall–Kier alpha value is -1.42. The summed E-state index contributed by atoms with van der Waals surface area (Å²) < 4.78 is 1.12. The molecule has 1 aromatic rings. The molecule has 21 heavy (non-hydrogen) atoms. The van der Waals surface area contributed by atoms with E-state index in [0.717, 1.165) is 23.0 Å². The first-order valence-electron chi connectivity index (χ1n) is 7.42. The minimum absolute atomic E-state index is 0.133. The van der Waals surface area contributed by atoms with Crippen LogP contribution in [0.2, 0.25) is 0 Å². The van der Waals surface area contributed by atoms with Crippen molar-refractivity contribution in [3.05, 3.63) is 46.1 Å². The summed E-state index contributed by atoms with van der Waals surface area (Å²) in [6.45, 7) is 6.37. The second-order valence-corrected chi connectivity index (χ2v) is 6.61. The third-order valence-corrected chi connectivity index (χ3v) is 4.65. The third-order valence-electron chi connectivity index (χ3n) is 4.12. The van der Waals surface area contributed by atoms with Crippen LogP contribution in [0.25, 0.3) is 0 Å². The van der Waals surface area contributed by atoms with Crippen LogP contribution in [-0.2, 0) is 6.42 Å². The van der Waals surface area contributed by atoms with Gasteiger partial charge in [-0.3, -0.25) is 4.99 Å². The number of hydrazone groups is 1. The van der Waals surface area contributed by atoms with Crippen molar-refractivity contribution in [2.75, 3.05) is 0 Å². The Morgan fingerprint density at radius 2 is 1.90 bits per heavy atom. The maximum absolute atomic E-state index is 4.83. The van der Waals surface area contributed by atoms with Gasteiger partial charge in [0.05, 0.1) is 0 Å². The second kappa shape index (κ2) is 5.76. The van der Waals surface area contributed by atoms with Crippen molar-refractivity contribution >= 4 is 27.4 Å². The molecular formula is C17H20BrN3. The van der Waals surface area contributed by atoms with Gasteiger partial charge in [0, 0.05) is 27.5 Å². The number of fused-ring (bicyclic) bond motifs is 1. The Morgan fingerprint density at radius 1 is 1.19 bits per heavy atom. The molecule has 0 N–H and O–H groups in total. The lowest BCUT2D eigenvalue weighted by atomic mass is 9.91. The molecule has 110 valence electrons. The molecule has 0 radical (unpaired) electrons. The molecule has 0 bridgehead atoms. The van der Waals surface area contributed by atoms with Crippen molar-refractivity contribution in [3.8, 4) is 0 Å². The van der Waals surface area contributed by atoms with Crippen molar-refractivity contribution < 1.29 is 0 Å². The molecule has 0 amide bonds. The molecule has 0 fully saturated rings. The molecule has 0 aliphatic carbocycles. The fraction of sp³-hybridized carbons (Fsp3) is 0.412. The van der Waals surface area contributed by atoms with E-state index in [2.05, 4.69) is 72.1 Å². The molecule has 2 aliphatic rings. The predicted octanol–water partition coefficient (Wildman–Crippen LogP) is 4.39. The van der Waals surface area contributed by atoms with Crippen LogP contribution in [0.5, 0.6) is 0 Å². The fourth-order valence-corrected chi connectivity index (χ4v) is 3.36. The first-order valence-corrected chi connectivity index (χ1v) is 8.21. The van der Waals surface area contributed by atoms with Crippen molar-refractivity contribution in [2.45, 2.75) is 39.8 Å². The molecule has 0 spiro atoms. The summed E-state index contributed by atoms with van der Waals surface area (Å²) in [7, 11) is 0. The van der Waals surface area contributed by atoms with Gasteiger partial charge in [-0.1, -0.05) is 35.0 Å². The van der Waals surface area contributed by atoms with Gasteiger partial charge < -0.3 is 0 Å². The molecule has 3 rings (SSSR count). The lowest BCUT2D eigenvalue weighted by Gasteiger charge is -2.28. The average Bonchev–Trinajstić information content (AvgIpc) is 2.80. The number of hydrogen-bond donors (Lipinski definition) is 0. The van der Waals surface area contributed by atoms with E-state index >= 15 is 0 Å². The smallest absolute Gasteiger partial charge is 0.150 e. The SMILES string of the molecule is CCC1=NN2C(C)=CC(C)=NC2C1Cc1ccc(Br)cc1. The summed E-state index contributed by atoms with van der Waals surface area (Å²) >= 11 is 3.49. The van der Waals surface area contributed by atoms with Gasteiger partial charge in [0.25, 0.3) is 0 Å². The topological polar surface area (TPSA) is 28.0 Å². The lowest BCUT2D eigenvalue weighted by molar-refractivity contribution is 0.259. The highest BCUT2D eigenvalue weighted by molar-refractivity contribution is 9.10. The molecule has 2 unspecified atom stereocenters. The summed E-state index contributed by atoms with van der Waals surface area (Å²) in [4.78, 5) is 4.83. The summed E-state index contributed by atoms with van der Waals surface area (Å²) in [5.74, 6) is 0.370. The van der Waals surface area contributed by atoms with Gasteiger partial charge >= 0.3 is 0 Å². The maximum Gasteiger partial charge on any atom is 0.150 e. The molecule has 0 saturated carbocycles. The number of aliphatic imine (C=N–C) groups is 1. The van der Waals surface area contributed by atoms with Crippen LogP contribution in [0.1, 0.15) is 32.8 Å². The molecule has 0 aromatic heterocycles. The minimum Gasteiger partial charge on any atom is -0.263 e. The Labute approximate surface area is 134 Å². The van der Waals surface area contributed by atoms with Crippen molar-refractivity contribution in [3.63, 3.8) is 0 Å². The van der Waals surface area contributed by atoms with Crippen molar-refractivity contribution in [1.82, 2.24) is 5.01 Å². The van der Waals surface area contributed by atoms with Crippen LogP contribution >= 0.6 is 15.9 Å². The maximum atomic E-state index is 4.83. The van der Waals surface area contributed by atoms with Crippen LogP contribution < -0.4 is 0 Å². The van der Waals surface area contributed by atoms with Crippen LogP contribution in [0.4, 0.5) is 0 Å². The first-order chi connectivity index (χ1) is 10.1. The average molecular weight is 346 g/mol. The molecule has 2 atom stereocenters. The fourth-order valence-electron chi connectivity index (χ4n) is 3.09. The van der Waals surface area contributed by atoms with E-state index in [1.165, 1.54) is 17.0 Å². The van der Waals surface area contributed by atoms with E-state index in [0.29, 0.717) is 5.92 Å². The number of allylic oxidation sites excluding steroid dienone is 2. The number of benzene rings is 1. The summed E-state index contributed by atoms with van der Waals surface area (Å²) in [5, 5.41) is 6.90. The third kappa shape index (κ3) is 2.82. The highest BCUT2D eigenvalue weighted by atomic mass is 79.9. The highest BCUT2D eigenvalue weighted by Crippen LogP contribution is 2.33. The van der Waals surface area contributed by atoms with Gasteiger partial charge in [-0.2, -0.15) is 5.10 Å². The van der Waals surface area contributed by atoms with Gasteiger partial charge in [0.1, 0.15) is 6.17 Å². The van der Waals surface area contributed by atoms with E-state index in [9.17, 15) is 0 Å². The molecule has 2 heterocycles. The van der Waals surface area contributed by atoms with Crippen LogP contribution in [0, 0.1) is 5.92 Å². The van der Waals surface area contributed by atoms with Gasteiger partial charge in [-0.15, -0.1) is 0 Å². The Kier molecular flexibility index (Phi) is 3.98. The van der Waals surface area contributed by atoms with E-state index in [-0.39, 0.29) is 6.17 Å². The summed E-state index contributed by atoms with van der Waals surface area (Å²) in [5.41, 5.74) is 4.89. The van der Waals surface area contributed by atoms with Gasteiger partial charge in [0.2, 0.25) is 0 Å². The van der Waals surface area contributed by atoms with E-state index in [1.54, 1.807) is 0 Å². The van der Waals surface area contributed by atoms with Crippen molar-refractivity contribution in [1.29, 1.82) is 0 Å². The van der Waals surface area contributed by atoms with Gasteiger partial charge in [-0.25, -0.2) is 5.01 Å². The zero-order chi connectivity index (χ0) is 15.0. The molecule has 2 aliphatic heterocycles. The highest BCUT2D eigenvalue weighted by Gasteiger charge is 2.38. The number of hydrogen-bond acceptors (Lipinski definition) is 3. The van der Waals surface area contributed by atoms with Gasteiger partial charge in [-0.05, 0) is 50.5 Å². The Balaban J connectivity index is 1.88. The molecule has 3 nitrogen and oxygen atoms in total. The summed E-state index contributed by atoms with van der Waals surface area (Å²) in [6, 6.07) is 8.57. The van der Waals surface area contributed by atoms with Crippen LogP contribution in [0.15, 0.2) is 50.6 Å². The largest absolute Gasteiger partial charge is 0.263 e. The number of nitrogens with zero attached hydrogens (tertiary/aromatic N) is 3. The lowest BCUT2D eigenvalue weighted by Crippen LogP contribution is -2.35. The predicted molar refractivity (Wildman–Crippen MR) is 91.6 cm³/mol. The molecular weight excluding hydrogens is 326 g/mol. The van der Waals surface area contributed by atoms with Crippen molar-refractivity contribution in [2.24, 2.45) is 16.0 Å². The second-order valence-electron chi connectivity index (χ2n) is 5.70. The van der Waals surface area contributed by atoms with Crippen LogP contribution in [-0.4, -0.2) is 22.6 Å². The van der Waals surface area contributed by atoms with Crippen LogP contribution in [0.3, 0.4) is 0 Å². The van der Waals surface area contributed by atoms with E-state index in [4.69, 9.17) is 10.1 Å². The minimum atomic E-state index is 0.133. The van der Waals surface area contributed by atoms with Gasteiger partial charge in [0.15, 0.2) is 0 Å². The molecule has 0 saturated heterocycles. The zero-order valence-corrected chi connectivity index (χ0v) is 14.3. The monoisotopic (exact) mass is 345 g/mol. The molecule has 4 heteroatoms. The Bertz CT molecular complexity index is 628. The zero-order valence-electron chi connectivity index (χ0n) is 12.7. The number of rotatable bonds is 3.